The molecule has 0 radical (unpaired) electrons. The van der Waals surface area contributed by atoms with Crippen molar-refractivity contribution in [2.45, 2.75) is 19.4 Å². The number of thiophene rings is 1. The van der Waals surface area contributed by atoms with Gasteiger partial charge in [-0.05, 0) is 30.0 Å². The fourth-order valence-electron chi connectivity index (χ4n) is 2.60. The van der Waals surface area contributed by atoms with E-state index in [9.17, 15) is 0 Å². The number of thiol groups is 1. The first-order chi connectivity index (χ1) is 9.33. The standard InChI is InChI=1S/C14H18N2OS2/c18-11-14(3-7-17-8-4-14)10-16-6-5-15-13(16)12-2-1-9-19-12/h1-2,5-6,9,18H,3-4,7-8,10-11H2. The van der Waals surface area contributed by atoms with E-state index in [2.05, 4.69) is 45.9 Å². The molecule has 3 nitrogen and oxygen atoms in total. The predicted molar refractivity (Wildman–Crippen MR) is 81.9 cm³/mol. The monoisotopic (exact) mass is 294 g/mol. The summed E-state index contributed by atoms with van der Waals surface area (Å²) in [6.45, 7) is 2.68. The Hall–Kier alpha value is -0.780. The van der Waals surface area contributed by atoms with Gasteiger partial charge in [-0.25, -0.2) is 4.98 Å². The van der Waals surface area contributed by atoms with Gasteiger partial charge in [-0.15, -0.1) is 11.3 Å². The molecule has 0 atom stereocenters. The topological polar surface area (TPSA) is 27.1 Å². The lowest BCUT2D eigenvalue weighted by atomic mass is 9.82. The van der Waals surface area contributed by atoms with E-state index in [1.165, 1.54) is 4.88 Å². The smallest absolute Gasteiger partial charge is 0.150 e. The minimum Gasteiger partial charge on any atom is -0.381 e. The van der Waals surface area contributed by atoms with Crippen molar-refractivity contribution in [1.29, 1.82) is 0 Å². The molecule has 1 aliphatic heterocycles. The van der Waals surface area contributed by atoms with Crippen molar-refractivity contribution >= 4 is 24.0 Å². The van der Waals surface area contributed by atoms with Crippen molar-refractivity contribution in [3.63, 3.8) is 0 Å². The molecule has 19 heavy (non-hydrogen) atoms. The van der Waals surface area contributed by atoms with E-state index in [0.717, 1.165) is 44.2 Å². The van der Waals surface area contributed by atoms with Gasteiger partial charge in [0.1, 0.15) is 5.82 Å². The van der Waals surface area contributed by atoms with Crippen molar-refractivity contribution in [3.05, 3.63) is 29.9 Å². The van der Waals surface area contributed by atoms with E-state index in [1.807, 2.05) is 6.20 Å². The van der Waals surface area contributed by atoms with Crippen LogP contribution in [0.5, 0.6) is 0 Å². The Bertz CT molecular complexity index is 515. The molecule has 0 bridgehead atoms. The molecule has 0 aromatic carbocycles. The molecule has 0 amide bonds. The number of nitrogens with zero attached hydrogens (tertiary/aromatic N) is 2. The first-order valence-corrected chi connectivity index (χ1v) is 8.08. The molecule has 3 heterocycles. The Kier molecular flexibility index (Phi) is 3.96. The number of rotatable bonds is 4. The summed E-state index contributed by atoms with van der Waals surface area (Å²) < 4.78 is 7.76. The van der Waals surface area contributed by atoms with Gasteiger partial charge >= 0.3 is 0 Å². The van der Waals surface area contributed by atoms with Gasteiger partial charge in [-0.1, -0.05) is 6.07 Å². The third kappa shape index (κ3) is 2.73. The van der Waals surface area contributed by atoms with Crippen molar-refractivity contribution in [2.24, 2.45) is 5.41 Å². The third-order valence-corrected chi connectivity index (χ3v) is 5.39. The fraction of sp³-hybridized carbons (Fsp3) is 0.500. The van der Waals surface area contributed by atoms with Gasteiger partial charge < -0.3 is 9.30 Å². The quantitative estimate of drug-likeness (QED) is 0.876. The second-order valence-corrected chi connectivity index (χ2v) is 6.39. The molecule has 5 heteroatoms. The highest BCUT2D eigenvalue weighted by molar-refractivity contribution is 7.80. The summed E-state index contributed by atoms with van der Waals surface area (Å²) in [5, 5.41) is 2.09. The van der Waals surface area contributed by atoms with Crippen molar-refractivity contribution in [2.75, 3.05) is 19.0 Å². The van der Waals surface area contributed by atoms with Crippen LogP contribution < -0.4 is 0 Å². The Morgan fingerprint density at radius 1 is 1.42 bits per heavy atom. The number of ether oxygens (including phenoxy) is 1. The summed E-state index contributed by atoms with van der Waals surface area (Å²) in [5.74, 6) is 1.97. The van der Waals surface area contributed by atoms with Gasteiger partial charge in [0.05, 0.1) is 4.88 Å². The summed E-state index contributed by atoms with van der Waals surface area (Å²) >= 11 is 6.32. The first kappa shape index (κ1) is 13.2. The molecule has 0 aliphatic carbocycles. The lowest BCUT2D eigenvalue weighted by Gasteiger charge is -2.36. The van der Waals surface area contributed by atoms with Gasteiger partial charge in [0.15, 0.2) is 0 Å². The van der Waals surface area contributed by atoms with Crippen LogP contribution in [0.4, 0.5) is 0 Å². The molecule has 3 rings (SSSR count). The average molecular weight is 294 g/mol. The number of imidazole rings is 1. The molecule has 1 saturated heterocycles. The van der Waals surface area contributed by atoms with Crippen LogP contribution in [0.3, 0.4) is 0 Å². The highest BCUT2D eigenvalue weighted by Gasteiger charge is 2.32. The normalized spacial score (nSPS) is 18.6. The lowest BCUT2D eigenvalue weighted by molar-refractivity contribution is 0.0184. The summed E-state index contributed by atoms with van der Waals surface area (Å²) in [6.07, 6.45) is 6.13. The van der Waals surface area contributed by atoms with Crippen molar-refractivity contribution < 1.29 is 4.74 Å². The van der Waals surface area contributed by atoms with Gasteiger partial charge in [0.2, 0.25) is 0 Å². The van der Waals surface area contributed by atoms with Gasteiger partial charge in [-0.3, -0.25) is 0 Å². The molecule has 0 spiro atoms. The van der Waals surface area contributed by atoms with Crippen LogP contribution in [0, 0.1) is 5.41 Å². The second kappa shape index (κ2) is 5.69. The molecule has 102 valence electrons. The largest absolute Gasteiger partial charge is 0.381 e. The molecule has 1 aliphatic rings. The fourth-order valence-corrected chi connectivity index (χ4v) is 3.75. The molecular weight excluding hydrogens is 276 g/mol. The Balaban J connectivity index is 1.85. The zero-order valence-corrected chi connectivity index (χ0v) is 12.5. The number of aromatic nitrogens is 2. The molecule has 2 aromatic rings. The van der Waals surface area contributed by atoms with Crippen LogP contribution in [0.2, 0.25) is 0 Å². The molecular formula is C14H18N2OS2. The lowest BCUT2D eigenvalue weighted by Crippen LogP contribution is -2.35. The maximum absolute atomic E-state index is 5.49. The zero-order valence-electron chi connectivity index (χ0n) is 10.8. The maximum Gasteiger partial charge on any atom is 0.150 e. The predicted octanol–water partition coefficient (Wildman–Crippen LogP) is 3.34. The minimum absolute atomic E-state index is 0.244. The van der Waals surface area contributed by atoms with Crippen LogP contribution in [0.1, 0.15) is 12.8 Å². The van der Waals surface area contributed by atoms with E-state index in [0.29, 0.717) is 0 Å². The molecule has 1 fully saturated rings. The zero-order chi connectivity index (χ0) is 13.1. The van der Waals surface area contributed by atoms with E-state index < -0.39 is 0 Å². The maximum atomic E-state index is 5.49. The Morgan fingerprint density at radius 2 is 2.26 bits per heavy atom. The Labute approximate surface area is 123 Å². The van der Waals surface area contributed by atoms with Crippen LogP contribution in [0.15, 0.2) is 29.9 Å². The first-order valence-electron chi connectivity index (χ1n) is 6.57. The number of hydrogen-bond acceptors (Lipinski definition) is 4. The van der Waals surface area contributed by atoms with Crippen molar-refractivity contribution in [3.8, 4) is 10.7 Å². The van der Waals surface area contributed by atoms with Gasteiger partial charge in [-0.2, -0.15) is 12.6 Å². The number of hydrogen-bond donors (Lipinski definition) is 1. The second-order valence-electron chi connectivity index (χ2n) is 5.13. The van der Waals surface area contributed by atoms with Crippen LogP contribution >= 0.6 is 24.0 Å². The van der Waals surface area contributed by atoms with Crippen LogP contribution in [-0.4, -0.2) is 28.5 Å². The van der Waals surface area contributed by atoms with E-state index >= 15 is 0 Å². The highest BCUT2D eigenvalue weighted by Crippen LogP contribution is 2.35. The van der Waals surface area contributed by atoms with E-state index in [4.69, 9.17) is 4.74 Å². The SMILES string of the molecule is SCC1(Cn2ccnc2-c2cccs2)CCOCC1. The van der Waals surface area contributed by atoms with Crippen molar-refractivity contribution in [1.82, 2.24) is 9.55 Å². The minimum atomic E-state index is 0.244. The highest BCUT2D eigenvalue weighted by atomic mass is 32.1. The summed E-state index contributed by atoms with van der Waals surface area (Å²) in [5.41, 5.74) is 0.244. The summed E-state index contributed by atoms with van der Waals surface area (Å²) in [4.78, 5) is 5.73. The van der Waals surface area contributed by atoms with E-state index in [1.54, 1.807) is 11.3 Å². The summed E-state index contributed by atoms with van der Waals surface area (Å²) in [7, 11) is 0. The molecule has 0 N–H and O–H groups in total. The summed E-state index contributed by atoms with van der Waals surface area (Å²) in [6, 6.07) is 4.20. The van der Waals surface area contributed by atoms with Gasteiger partial charge in [0.25, 0.3) is 0 Å². The van der Waals surface area contributed by atoms with Gasteiger partial charge in [0, 0.05) is 37.6 Å². The third-order valence-electron chi connectivity index (χ3n) is 3.85. The van der Waals surface area contributed by atoms with E-state index in [-0.39, 0.29) is 5.41 Å². The van der Waals surface area contributed by atoms with Crippen LogP contribution in [0.25, 0.3) is 10.7 Å². The Morgan fingerprint density at radius 3 is 2.95 bits per heavy atom. The molecule has 0 unspecified atom stereocenters. The molecule has 2 aromatic heterocycles. The van der Waals surface area contributed by atoms with Crippen LogP contribution in [-0.2, 0) is 11.3 Å². The average Bonchev–Trinajstić information content (AvgIpc) is 3.10. The molecule has 0 saturated carbocycles.